The van der Waals surface area contributed by atoms with E-state index < -0.39 is 0 Å². The molecule has 2 rings (SSSR count). The first kappa shape index (κ1) is 15.3. The molecule has 0 radical (unpaired) electrons. The Labute approximate surface area is 125 Å². The van der Waals surface area contributed by atoms with Crippen molar-refractivity contribution in [2.45, 2.75) is 33.3 Å². The maximum atomic E-state index is 6.05. The highest BCUT2D eigenvalue weighted by Gasteiger charge is 2.22. The van der Waals surface area contributed by atoms with Crippen molar-refractivity contribution in [2.75, 3.05) is 42.6 Å². The Bertz CT molecular complexity index is 441. The highest BCUT2D eigenvalue weighted by molar-refractivity contribution is 6.28. The zero-order valence-electron chi connectivity index (χ0n) is 12.3. The first-order valence-electron chi connectivity index (χ1n) is 7.20. The number of rotatable bonds is 5. The van der Waals surface area contributed by atoms with Gasteiger partial charge in [-0.05, 0) is 31.9 Å². The fourth-order valence-electron chi connectivity index (χ4n) is 2.27. The molecule has 0 aromatic carbocycles. The van der Waals surface area contributed by atoms with E-state index in [0.29, 0.717) is 18.5 Å². The molecule has 20 heavy (non-hydrogen) atoms. The quantitative estimate of drug-likeness (QED) is 0.829. The third kappa shape index (κ3) is 3.49. The second kappa shape index (κ2) is 7.04. The highest BCUT2D eigenvalue weighted by Crippen LogP contribution is 2.19. The smallest absolute Gasteiger partial charge is 0.231 e. The van der Waals surface area contributed by atoms with Crippen LogP contribution in [0.3, 0.4) is 0 Å². The first-order chi connectivity index (χ1) is 9.67. The van der Waals surface area contributed by atoms with Gasteiger partial charge < -0.3 is 14.5 Å². The number of halogens is 1. The van der Waals surface area contributed by atoms with Gasteiger partial charge in [-0.2, -0.15) is 15.0 Å². The van der Waals surface area contributed by atoms with Crippen LogP contribution in [0.1, 0.15) is 27.2 Å². The normalized spacial score (nSPS) is 19.2. The molecule has 112 valence electrons. The minimum atomic E-state index is 0.233. The average molecular weight is 300 g/mol. The second-order valence-electron chi connectivity index (χ2n) is 4.72. The van der Waals surface area contributed by atoms with E-state index in [2.05, 4.69) is 45.5 Å². The fourth-order valence-corrected chi connectivity index (χ4v) is 2.42. The Hall–Kier alpha value is -1.14. The van der Waals surface area contributed by atoms with Crippen LogP contribution in [0.25, 0.3) is 0 Å². The number of aromatic nitrogens is 3. The van der Waals surface area contributed by atoms with Gasteiger partial charge in [0.05, 0.1) is 12.7 Å². The topological polar surface area (TPSA) is 54.4 Å². The molecule has 1 aliphatic rings. The van der Waals surface area contributed by atoms with Crippen molar-refractivity contribution in [3.63, 3.8) is 0 Å². The molecule has 0 N–H and O–H groups in total. The molecule has 1 saturated heterocycles. The standard InChI is InChI=1S/C13H22ClN5O/c1-4-10-9-19(7-8-20-10)13-16-11(14)15-12(17-13)18(5-2)6-3/h10H,4-9H2,1-3H3. The van der Waals surface area contributed by atoms with Crippen molar-refractivity contribution in [3.05, 3.63) is 5.28 Å². The number of hydrogen-bond donors (Lipinski definition) is 0. The van der Waals surface area contributed by atoms with Crippen LogP contribution in [0.5, 0.6) is 0 Å². The molecule has 0 amide bonds. The minimum absolute atomic E-state index is 0.233. The largest absolute Gasteiger partial charge is 0.375 e. The van der Waals surface area contributed by atoms with Gasteiger partial charge in [0.25, 0.3) is 0 Å². The second-order valence-corrected chi connectivity index (χ2v) is 5.06. The van der Waals surface area contributed by atoms with Crippen molar-refractivity contribution >= 4 is 23.5 Å². The molecule has 7 heteroatoms. The van der Waals surface area contributed by atoms with Crippen LogP contribution in [-0.2, 0) is 4.74 Å². The number of nitrogens with zero attached hydrogens (tertiary/aromatic N) is 5. The van der Waals surface area contributed by atoms with E-state index in [1.54, 1.807) is 0 Å². The van der Waals surface area contributed by atoms with Crippen LogP contribution in [0, 0.1) is 0 Å². The maximum absolute atomic E-state index is 6.05. The van der Waals surface area contributed by atoms with E-state index in [4.69, 9.17) is 16.3 Å². The molecule has 1 fully saturated rings. The molecular formula is C13H22ClN5O. The summed E-state index contributed by atoms with van der Waals surface area (Å²) in [6.07, 6.45) is 1.22. The number of morpholine rings is 1. The minimum Gasteiger partial charge on any atom is -0.375 e. The summed E-state index contributed by atoms with van der Waals surface area (Å²) >= 11 is 6.05. The predicted octanol–water partition coefficient (Wildman–Crippen LogP) is 1.99. The maximum Gasteiger partial charge on any atom is 0.231 e. The molecule has 1 unspecified atom stereocenters. The van der Waals surface area contributed by atoms with Crippen LogP contribution in [0.15, 0.2) is 0 Å². The van der Waals surface area contributed by atoms with Gasteiger partial charge in [0, 0.05) is 26.2 Å². The molecule has 0 saturated carbocycles. The number of anilines is 2. The Kier molecular flexibility index (Phi) is 5.37. The van der Waals surface area contributed by atoms with Gasteiger partial charge in [-0.25, -0.2) is 0 Å². The Morgan fingerprint density at radius 2 is 2.00 bits per heavy atom. The molecule has 0 spiro atoms. The van der Waals surface area contributed by atoms with Crippen molar-refractivity contribution in [2.24, 2.45) is 0 Å². The van der Waals surface area contributed by atoms with Crippen LogP contribution < -0.4 is 9.80 Å². The lowest BCUT2D eigenvalue weighted by Gasteiger charge is -2.32. The summed E-state index contributed by atoms with van der Waals surface area (Å²) < 4.78 is 5.67. The average Bonchev–Trinajstić information content (AvgIpc) is 2.48. The fraction of sp³-hybridized carbons (Fsp3) is 0.769. The Balaban J connectivity index is 2.22. The van der Waals surface area contributed by atoms with Crippen molar-refractivity contribution < 1.29 is 4.74 Å². The first-order valence-corrected chi connectivity index (χ1v) is 7.58. The Morgan fingerprint density at radius 1 is 1.25 bits per heavy atom. The van der Waals surface area contributed by atoms with E-state index in [1.165, 1.54) is 0 Å². The van der Waals surface area contributed by atoms with Gasteiger partial charge in [-0.1, -0.05) is 6.92 Å². The number of hydrogen-bond acceptors (Lipinski definition) is 6. The predicted molar refractivity (Wildman–Crippen MR) is 80.6 cm³/mol. The summed E-state index contributed by atoms with van der Waals surface area (Å²) in [5.74, 6) is 1.29. The third-order valence-electron chi connectivity index (χ3n) is 3.51. The van der Waals surface area contributed by atoms with Crippen molar-refractivity contribution in [3.8, 4) is 0 Å². The molecule has 0 bridgehead atoms. The SMILES string of the molecule is CCC1CN(c2nc(Cl)nc(N(CC)CC)n2)CCO1. The van der Waals surface area contributed by atoms with Gasteiger partial charge in [0.2, 0.25) is 17.2 Å². The van der Waals surface area contributed by atoms with Crippen LogP contribution >= 0.6 is 11.6 Å². The van der Waals surface area contributed by atoms with Crippen LogP contribution in [-0.4, -0.2) is 53.8 Å². The molecule has 6 nitrogen and oxygen atoms in total. The van der Waals surface area contributed by atoms with Gasteiger partial charge in [0.15, 0.2) is 0 Å². The van der Waals surface area contributed by atoms with Gasteiger partial charge in [-0.15, -0.1) is 0 Å². The lowest BCUT2D eigenvalue weighted by atomic mass is 10.2. The molecule has 1 aliphatic heterocycles. The highest BCUT2D eigenvalue weighted by atomic mass is 35.5. The van der Waals surface area contributed by atoms with E-state index in [1.807, 2.05) is 0 Å². The summed E-state index contributed by atoms with van der Waals surface area (Å²) in [5.41, 5.74) is 0. The molecule has 1 aromatic rings. The summed E-state index contributed by atoms with van der Waals surface area (Å²) in [7, 11) is 0. The summed E-state index contributed by atoms with van der Waals surface area (Å²) in [6.45, 7) is 10.2. The molecular weight excluding hydrogens is 278 g/mol. The summed E-state index contributed by atoms with van der Waals surface area (Å²) in [4.78, 5) is 17.2. The van der Waals surface area contributed by atoms with Gasteiger partial charge in [-0.3, -0.25) is 0 Å². The van der Waals surface area contributed by atoms with Crippen molar-refractivity contribution in [1.82, 2.24) is 15.0 Å². The van der Waals surface area contributed by atoms with E-state index in [-0.39, 0.29) is 11.4 Å². The van der Waals surface area contributed by atoms with E-state index >= 15 is 0 Å². The summed E-state index contributed by atoms with van der Waals surface area (Å²) in [6, 6.07) is 0. The van der Waals surface area contributed by atoms with Gasteiger partial charge in [0.1, 0.15) is 0 Å². The zero-order valence-corrected chi connectivity index (χ0v) is 13.1. The lowest BCUT2D eigenvalue weighted by Crippen LogP contribution is -2.43. The van der Waals surface area contributed by atoms with E-state index in [9.17, 15) is 0 Å². The molecule has 0 aliphatic carbocycles. The van der Waals surface area contributed by atoms with Crippen LogP contribution in [0.4, 0.5) is 11.9 Å². The molecule has 1 atom stereocenters. The number of ether oxygens (including phenoxy) is 1. The van der Waals surface area contributed by atoms with Crippen LogP contribution in [0.2, 0.25) is 5.28 Å². The third-order valence-corrected chi connectivity index (χ3v) is 3.68. The molecule has 1 aromatic heterocycles. The van der Waals surface area contributed by atoms with Gasteiger partial charge >= 0.3 is 0 Å². The summed E-state index contributed by atoms with van der Waals surface area (Å²) in [5, 5.41) is 0.247. The monoisotopic (exact) mass is 299 g/mol. The van der Waals surface area contributed by atoms with Crippen molar-refractivity contribution in [1.29, 1.82) is 0 Å². The molecule has 2 heterocycles. The lowest BCUT2D eigenvalue weighted by molar-refractivity contribution is 0.0378. The van der Waals surface area contributed by atoms with E-state index in [0.717, 1.165) is 32.6 Å². The Morgan fingerprint density at radius 3 is 2.65 bits per heavy atom. The zero-order chi connectivity index (χ0) is 14.5.